The first-order chi connectivity index (χ1) is 9.95. The number of carbonyl (C=O) groups excluding carboxylic acids is 1. The fourth-order valence-corrected chi connectivity index (χ4v) is 2.24. The van der Waals surface area contributed by atoms with Crippen molar-refractivity contribution in [2.75, 3.05) is 11.1 Å². The molecule has 0 aliphatic rings. The highest BCUT2D eigenvalue weighted by Gasteiger charge is 2.17. The van der Waals surface area contributed by atoms with Crippen LogP contribution in [0.4, 0.5) is 15.8 Å². The third kappa shape index (κ3) is 4.16. The fraction of sp³-hybridized carbons (Fsp3) is 0.214. The van der Waals surface area contributed by atoms with Crippen LogP contribution in [-0.4, -0.2) is 21.1 Å². The molecule has 1 heterocycles. The number of anilines is 2. The summed E-state index contributed by atoms with van der Waals surface area (Å²) in [5.41, 5.74) is 6.97. The van der Waals surface area contributed by atoms with Gasteiger partial charge in [0.1, 0.15) is 5.82 Å². The maximum absolute atomic E-state index is 13.6. The second-order valence-corrected chi connectivity index (χ2v) is 5.84. The molecule has 5 nitrogen and oxygen atoms in total. The Balaban J connectivity index is 2.02. The number of hydrogen-bond acceptors (Lipinski definition) is 5. The van der Waals surface area contributed by atoms with Crippen molar-refractivity contribution < 1.29 is 9.18 Å². The maximum Gasteiger partial charge on any atom is 0.237 e. The number of aromatic nitrogens is 2. The van der Waals surface area contributed by atoms with Crippen molar-refractivity contribution in [2.45, 2.75) is 24.3 Å². The van der Waals surface area contributed by atoms with E-state index in [0.717, 1.165) is 5.56 Å². The van der Waals surface area contributed by atoms with E-state index in [2.05, 4.69) is 15.3 Å². The van der Waals surface area contributed by atoms with Crippen molar-refractivity contribution in [1.82, 2.24) is 9.97 Å². The molecule has 0 bridgehead atoms. The number of hydrogen-bond donors (Lipinski definition) is 2. The van der Waals surface area contributed by atoms with Gasteiger partial charge < -0.3 is 11.1 Å². The van der Waals surface area contributed by atoms with Crippen LogP contribution in [0, 0.1) is 12.7 Å². The van der Waals surface area contributed by atoms with E-state index < -0.39 is 11.1 Å². The molecule has 21 heavy (non-hydrogen) atoms. The molecular formula is C14H15FN4OS. The second-order valence-electron chi connectivity index (χ2n) is 4.53. The van der Waals surface area contributed by atoms with Gasteiger partial charge in [0.05, 0.1) is 10.9 Å². The van der Waals surface area contributed by atoms with Gasteiger partial charge in [-0.15, -0.1) is 0 Å². The van der Waals surface area contributed by atoms with Gasteiger partial charge in [0.15, 0.2) is 5.16 Å². The lowest BCUT2D eigenvalue weighted by Crippen LogP contribution is -2.23. The van der Waals surface area contributed by atoms with Gasteiger partial charge in [-0.05, 0) is 37.6 Å². The molecule has 0 radical (unpaired) electrons. The van der Waals surface area contributed by atoms with E-state index in [1.54, 1.807) is 19.3 Å². The number of nitrogens with zero attached hydrogens (tertiary/aromatic N) is 2. The van der Waals surface area contributed by atoms with Gasteiger partial charge in [-0.3, -0.25) is 4.79 Å². The number of amides is 1. The van der Waals surface area contributed by atoms with Gasteiger partial charge in [-0.25, -0.2) is 14.4 Å². The standard InChI is InChI=1S/C14H15FN4OS/c1-8-6-17-14(18-7-8)21-9(2)13(20)19-12-5-10(16)3-4-11(12)15/h3-7,9H,16H2,1-2H3,(H,19,20). The average Bonchev–Trinajstić information content (AvgIpc) is 2.45. The molecule has 2 rings (SSSR count). The number of nitrogen functional groups attached to an aromatic ring is 1. The molecule has 0 aliphatic heterocycles. The average molecular weight is 306 g/mol. The van der Waals surface area contributed by atoms with Crippen molar-refractivity contribution >= 4 is 29.0 Å². The minimum absolute atomic E-state index is 0.0669. The first-order valence-corrected chi connectivity index (χ1v) is 7.15. The van der Waals surface area contributed by atoms with Crippen LogP contribution >= 0.6 is 11.8 Å². The van der Waals surface area contributed by atoms with Gasteiger partial charge in [0, 0.05) is 18.1 Å². The van der Waals surface area contributed by atoms with Gasteiger partial charge in [0.2, 0.25) is 5.91 Å². The topological polar surface area (TPSA) is 80.9 Å². The predicted molar refractivity (Wildman–Crippen MR) is 81.5 cm³/mol. The van der Waals surface area contributed by atoms with Crippen molar-refractivity contribution in [3.05, 3.63) is 42.0 Å². The van der Waals surface area contributed by atoms with Crippen LogP contribution in [0.5, 0.6) is 0 Å². The third-order valence-electron chi connectivity index (χ3n) is 2.66. The first-order valence-electron chi connectivity index (χ1n) is 6.27. The summed E-state index contributed by atoms with van der Waals surface area (Å²) in [6.45, 7) is 3.58. The van der Waals surface area contributed by atoms with Crippen molar-refractivity contribution in [2.24, 2.45) is 0 Å². The van der Waals surface area contributed by atoms with Crippen molar-refractivity contribution in [3.63, 3.8) is 0 Å². The number of benzene rings is 1. The van der Waals surface area contributed by atoms with Crippen molar-refractivity contribution in [3.8, 4) is 0 Å². The molecule has 1 atom stereocenters. The quantitative estimate of drug-likeness (QED) is 0.515. The molecule has 1 aromatic carbocycles. The van der Waals surface area contributed by atoms with Gasteiger partial charge in [-0.1, -0.05) is 11.8 Å². The van der Waals surface area contributed by atoms with Crippen LogP contribution in [0.1, 0.15) is 12.5 Å². The summed E-state index contributed by atoms with van der Waals surface area (Å²) in [6.07, 6.45) is 3.36. The SMILES string of the molecule is Cc1cnc(SC(C)C(=O)Nc2cc(N)ccc2F)nc1. The molecule has 0 spiro atoms. The molecule has 0 fully saturated rings. The Morgan fingerprint density at radius 1 is 1.38 bits per heavy atom. The van der Waals surface area contributed by atoms with E-state index >= 15 is 0 Å². The monoisotopic (exact) mass is 306 g/mol. The summed E-state index contributed by atoms with van der Waals surface area (Å²) in [7, 11) is 0. The lowest BCUT2D eigenvalue weighted by atomic mass is 10.2. The Morgan fingerprint density at radius 3 is 2.71 bits per heavy atom. The molecule has 0 aliphatic carbocycles. The minimum Gasteiger partial charge on any atom is -0.399 e. The molecule has 110 valence electrons. The highest BCUT2D eigenvalue weighted by Crippen LogP contribution is 2.22. The number of nitrogens with two attached hydrogens (primary N) is 1. The molecule has 1 amide bonds. The summed E-state index contributed by atoms with van der Waals surface area (Å²) in [4.78, 5) is 20.3. The van der Waals surface area contributed by atoms with Gasteiger partial charge >= 0.3 is 0 Å². The van der Waals surface area contributed by atoms with Crippen LogP contribution < -0.4 is 11.1 Å². The molecule has 1 aromatic heterocycles. The van der Waals surface area contributed by atoms with E-state index in [-0.39, 0.29) is 11.6 Å². The smallest absolute Gasteiger partial charge is 0.237 e. The summed E-state index contributed by atoms with van der Waals surface area (Å²) in [5.74, 6) is -0.866. The van der Waals surface area contributed by atoms with E-state index in [0.29, 0.717) is 10.8 Å². The van der Waals surface area contributed by atoms with E-state index in [9.17, 15) is 9.18 Å². The Labute approximate surface area is 126 Å². The highest BCUT2D eigenvalue weighted by molar-refractivity contribution is 8.00. The third-order valence-corrected chi connectivity index (χ3v) is 3.65. The Bertz CT molecular complexity index is 648. The van der Waals surface area contributed by atoms with Crippen LogP contribution in [-0.2, 0) is 4.79 Å². The minimum atomic E-state index is -0.527. The zero-order valence-corrected chi connectivity index (χ0v) is 12.4. The zero-order valence-electron chi connectivity index (χ0n) is 11.6. The highest BCUT2D eigenvalue weighted by atomic mass is 32.2. The number of rotatable bonds is 4. The van der Waals surface area contributed by atoms with Crippen LogP contribution in [0.3, 0.4) is 0 Å². The van der Waals surface area contributed by atoms with Crippen LogP contribution in [0.2, 0.25) is 0 Å². The number of halogens is 1. The number of aryl methyl sites for hydroxylation is 1. The Hall–Kier alpha value is -2.15. The largest absolute Gasteiger partial charge is 0.399 e. The first kappa shape index (κ1) is 15.2. The second kappa shape index (κ2) is 6.53. The molecule has 1 unspecified atom stereocenters. The number of carbonyl (C=O) groups is 1. The number of nitrogens with one attached hydrogen (secondary N) is 1. The normalized spacial score (nSPS) is 12.0. The van der Waals surface area contributed by atoms with E-state index in [1.807, 2.05) is 6.92 Å². The summed E-state index contributed by atoms with van der Waals surface area (Å²) >= 11 is 1.20. The zero-order chi connectivity index (χ0) is 15.4. The molecule has 2 aromatic rings. The van der Waals surface area contributed by atoms with E-state index in [1.165, 1.54) is 30.0 Å². The summed E-state index contributed by atoms with van der Waals surface area (Å²) < 4.78 is 13.6. The fourth-order valence-electron chi connectivity index (χ4n) is 1.53. The van der Waals surface area contributed by atoms with Gasteiger partial charge in [-0.2, -0.15) is 0 Å². The lowest BCUT2D eigenvalue weighted by Gasteiger charge is -2.12. The molecule has 7 heteroatoms. The molecule has 0 saturated heterocycles. The molecule has 3 N–H and O–H groups in total. The Kier molecular flexibility index (Phi) is 4.74. The lowest BCUT2D eigenvalue weighted by molar-refractivity contribution is -0.115. The predicted octanol–water partition coefficient (Wildman–Crippen LogP) is 2.63. The van der Waals surface area contributed by atoms with Gasteiger partial charge in [0.25, 0.3) is 0 Å². The van der Waals surface area contributed by atoms with E-state index in [4.69, 9.17) is 5.73 Å². The van der Waals surface area contributed by atoms with Crippen LogP contribution in [0.15, 0.2) is 35.7 Å². The Morgan fingerprint density at radius 2 is 2.05 bits per heavy atom. The molecular weight excluding hydrogens is 291 g/mol. The number of thioether (sulfide) groups is 1. The molecule has 0 saturated carbocycles. The maximum atomic E-state index is 13.6. The summed E-state index contributed by atoms with van der Waals surface area (Å²) in [6, 6.07) is 4.03. The summed E-state index contributed by atoms with van der Waals surface area (Å²) in [5, 5.41) is 2.54. The van der Waals surface area contributed by atoms with Crippen LogP contribution in [0.25, 0.3) is 0 Å². The van der Waals surface area contributed by atoms with Crippen molar-refractivity contribution in [1.29, 1.82) is 0 Å².